The molecule has 0 amide bonds. The molecular weight excluding hydrogens is 507 g/mol. The minimum absolute atomic E-state index is 0.259. The summed E-state index contributed by atoms with van der Waals surface area (Å²) in [7, 11) is -16.2. The van der Waals surface area contributed by atoms with Crippen molar-refractivity contribution in [1.82, 2.24) is 9.55 Å². The summed E-state index contributed by atoms with van der Waals surface area (Å²) in [5.41, 5.74) is 2.97. The Bertz CT molecular complexity index is 976. The monoisotopic (exact) mass is 527 g/mol. The van der Waals surface area contributed by atoms with Gasteiger partial charge in [0.2, 0.25) is 0 Å². The van der Waals surface area contributed by atoms with Gasteiger partial charge < -0.3 is 39.4 Å². The quantitative estimate of drug-likeness (QED) is 0.187. The van der Waals surface area contributed by atoms with Gasteiger partial charge >= 0.3 is 29.2 Å². The van der Waals surface area contributed by atoms with E-state index in [1.807, 2.05) is 0 Å². The van der Waals surface area contributed by atoms with Crippen LogP contribution in [0.5, 0.6) is 0 Å². The number of aromatic nitrogens is 2. The van der Waals surface area contributed by atoms with Crippen LogP contribution in [0.25, 0.3) is 0 Å². The first kappa shape index (κ1) is 27.2. The van der Waals surface area contributed by atoms with Gasteiger partial charge in [-0.15, -0.1) is 0 Å². The van der Waals surface area contributed by atoms with Crippen LogP contribution in [0.15, 0.2) is 11.0 Å². The van der Waals surface area contributed by atoms with Crippen LogP contribution < -0.4 is 11.2 Å². The number of aliphatic hydroxyl groups excluding tert-OH is 2. The lowest BCUT2D eigenvalue weighted by Gasteiger charge is -2.20. The van der Waals surface area contributed by atoms with E-state index in [0.717, 1.165) is 5.56 Å². The molecule has 3 heterocycles. The van der Waals surface area contributed by atoms with Crippen molar-refractivity contribution in [3.05, 3.63) is 22.2 Å². The van der Waals surface area contributed by atoms with Crippen molar-refractivity contribution < 1.29 is 66.6 Å². The maximum absolute atomic E-state index is 11.9. The first-order valence-corrected chi connectivity index (χ1v) is 13.0. The average molecular weight is 527 g/mol. The molecule has 1 aromatic heterocycles. The summed E-state index contributed by atoms with van der Waals surface area (Å²) in [4.78, 5) is 61.0. The second kappa shape index (κ2) is 10.5. The van der Waals surface area contributed by atoms with E-state index in [0.29, 0.717) is 18.8 Å². The second-order valence-corrected chi connectivity index (χ2v) is 10.4. The second-order valence-electron chi connectivity index (χ2n) is 6.23. The Morgan fingerprint density at radius 3 is 2.25 bits per heavy atom. The Morgan fingerprint density at radius 2 is 1.75 bits per heavy atom. The van der Waals surface area contributed by atoms with Gasteiger partial charge in [0.25, 0.3) is 0 Å². The van der Waals surface area contributed by atoms with Crippen molar-refractivity contribution in [2.24, 2.45) is 0 Å². The molecule has 1 unspecified atom stereocenters. The minimum Gasteiger partial charge on any atom is -0.394 e. The van der Waals surface area contributed by atoms with E-state index in [-0.39, 0.29) is 13.0 Å². The number of ether oxygens (including phenoxy) is 1. The molecule has 0 aliphatic carbocycles. The van der Waals surface area contributed by atoms with Crippen LogP contribution in [0.2, 0.25) is 0 Å². The number of nitrogens with one attached hydrogen (secondary N) is 1. The Balaban J connectivity index is 0.000000247. The van der Waals surface area contributed by atoms with Crippen molar-refractivity contribution in [3.63, 3.8) is 0 Å². The van der Waals surface area contributed by atoms with E-state index in [9.17, 15) is 23.6 Å². The zero-order chi connectivity index (χ0) is 24.3. The predicted octanol–water partition coefficient (Wildman–Crippen LogP) is -1.91. The summed E-state index contributed by atoms with van der Waals surface area (Å²) in [6.07, 6.45) is 0.537. The zero-order valence-electron chi connectivity index (χ0n) is 15.8. The highest BCUT2D eigenvalue weighted by Crippen LogP contribution is 2.64. The molecule has 32 heavy (non-hydrogen) atoms. The van der Waals surface area contributed by atoms with Gasteiger partial charge in [-0.3, -0.25) is 9.40 Å². The molecule has 3 rings (SSSR count). The molecule has 8 N–H and O–H groups in total. The molecule has 1 fully saturated rings. The fourth-order valence-electron chi connectivity index (χ4n) is 2.60. The van der Waals surface area contributed by atoms with Crippen molar-refractivity contribution in [2.45, 2.75) is 31.3 Å². The van der Waals surface area contributed by atoms with E-state index >= 15 is 0 Å². The van der Waals surface area contributed by atoms with Crippen LogP contribution in [-0.4, -0.2) is 69.7 Å². The molecule has 18 nitrogen and oxygen atoms in total. The van der Waals surface area contributed by atoms with E-state index in [1.165, 1.54) is 4.57 Å². The molecule has 3 atom stereocenters. The predicted molar refractivity (Wildman–Crippen MR) is 99.5 cm³/mol. The molecule has 184 valence electrons. The highest BCUT2D eigenvalue weighted by Gasteiger charge is 2.39. The van der Waals surface area contributed by atoms with E-state index < -0.39 is 47.6 Å². The Hall–Kier alpha value is -1.07. The molecule has 2 aliphatic rings. The van der Waals surface area contributed by atoms with Crippen LogP contribution in [0.1, 0.15) is 18.2 Å². The number of phosphoric acid groups is 3. The van der Waals surface area contributed by atoms with Gasteiger partial charge in [-0.2, -0.15) is 13.6 Å². The minimum atomic E-state index is -5.46. The number of anilines is 1. The first-order chi connectivity index (χ1) is 14.6. The molecule has 0 spiro atoms. The molecule has 2 aliphatic heterocycles. The number of hydrogen-bond acceptors (Lipinski definition) is 12. The van der Waals surface area contributed by atoms with Crippen LogP contribution in [0.4, 0.5) is 5.82 Å². The van der Waals surface area contributed by atoms with Crippen LogP contribution in [0.3, 0.4) is 0 Å². The summed E-state index contributed by atoms with van der Waals surface area (Å²) in [5.74, 6) is 0.421. The SMILES string of the molecule is O=P(O)(O)OP(=O)(O)OP(=O)(O)O.O=c1nc2c(cn1C1C[C@H](O)[C@@H](CO)O1)CCON2. The summed E-state index contributed by atoms with van der Waals surface area (Å²) in [5, 5.41) is 18.7. The topological polar surface area (TPSA) is 277 Å². The molecule has 0 saturated carbocycles. The summed E-state index contributed by atoms with van der Waals surface area (Å²) in [6.45, 7) is 0.223. The lowest BCUT2D eigenvalue weighted by atomic mass is 10.2. The van der Waals surface area contributed by atoms with Crippen LogP contribution >= 0.6 is 23.5 Å². The van der Waals surface area contributed by atoms with Crippen LogP contribution in [-0.2, 0) is 38.3 Å². The Labute approximate surface area is 178 Å². The fraction of sp³-hybridized carbons (Fsp3) is 0.636. The van der Waals surface area contributed by atoms with E-state index in [2.05, 4.69) is 19.1 Å². The van der Waals surface area contributed by atoms with Gasteiger partial charge in [-0.05, 0) is 0 Å². The number of aliphatic hydroxyl groups is 2. The van der Waals surface area contributed by atoms with Gasteiger partial charge in [-0.1, -0.05) is 0 Å². The standard InChI is InChI=1S/C11H15N3O5.H5O10P3/c15-5-8-7(16)3-9(19-8)14-4-6-1-2-18-13-10(6)12-11(14)17;1-11(2,3)9-13(7,8)10-12(4,5)6/h4,7-9,15-16H,1-3,5H2,(H,12,13,17);(H,7,8)(H2,1,2,3)(H2,4,5,6)/t7-,8+,9?;/m0./s1. The summed E-state index contributed by atoms with van der Waals surface area (Å²) >= 11 is 0. The Kier molecular flexibility index (Phi) is 8.89. The third kappa shape index (κ3) is 8.37. The Morgan fingerprint density at radius 1 is 1.16 bits per heavy atom. The van der Waals surface area contributed by atoms with Gasteiger partial charge in [0.1, 0.15) is 12.3 Å². The highest BCUT2D eigenvalue weighted by molar-refractivity contribution is 7.66. The molecule has 1 saturated heterocycles. The molecule has 21 heteroatoms. The maximum atomic E-state index is 11.9. The normalized spacial score (nSPS) is 23.7. The van der Waals surface area contributed by atoms with Crippen molar-refractivity contribution in [1.29, 1.82) is 0 Å². The fourth-order valence-corrected chi connectivity index (χ4v) is 5.14. The summed E-state index contributed by atoms with van der Waals surface area (Å²) < 4.78 is 43.2. The van der Waals surface area contributed by atoms with E-state index in [1.54, 1.807) is 6.20 Å². The van der Waals surface area contributed by atoms with Crippen molar-refractivity contribution >= 4 is 29.3 Å². The lowest BCUT2D eigenvalue weighted by molar-refractivity contribution is -0.0460. The number of rotatable bonds is 6. The van der Waals surface area contributed by atoms with Crippen molar-refractivity contribution in [2.75, 3.05) is 18.7 Å². The first-order valence-electron chi connectivity index (χ1n) is 8.41. The number of fused-ring (bicyclic) bond motifs is 1. The largest absolute Gasteiger partial charge is 0.490 e. The lowest BCUT2D eigenvalue weighted by Crippen LogP contribution is -2.31. The zero-order valence-corrected chi connectivity index (χ0v) is 18.5. The van der Waals surface area contributed by atoms with Gasteiger partial charge in [0.05, 0.1) is 19.3 Å². The van der Waals surface area contributed by atoms with Gasteiger partial charge in [0.15, 0.2) is 5.82 Å². The maximum Gasteiger partial charge on any atom is 0.490 e. The highest BCUT2D eigenvalue weighted by atomic mass is 31.3. The van der Waals surface area contributed by atoms with E-state index in [4.69, 9.17) is 39.1 Å². The van der Waals surface area contributed by atoms with Crippen molar-refractivity contribution in [3.8, 4) is 0 Å². The molecule has 0 aromatic carbocycles. The van der Waals surface area contributed by atoms with Gasteiger partial charge in [0, 0.05) is 24.6 Å². The molecule has 0 bridgehead atoms. The molecule has 0 radical (unpaired) electrons. The molecular formula is C11H20N3O15P3. The number of hydrogen-bond donors (Lipinski definition) is 8. The van der Waals surface area contributed by atoms with Crippen LogP contribution in [0, 0.1) is 0 Å². The molecule has 1 aromatic rings. The number of nitrogens with zero attached hydrogens (tertiary/aromatic N) is 2. The summed E-state index contributed by atoms with van der Waals surface area (Å²) in [6, 6.07) is 0. The smallest absolute Gasteiger partial charge is 0.394 e. The third-order valence-corrected chi connectivity index (χ3v) is 7.14. The third-order valence-electron chi connectivity index (χ3n) is 3.78. The van der Waals surface area contributed by atoms with Gasteiger partial charge in [-0.25, -0.2) is 24.0 Å². The average Bonchev–Trinajstić information content (AvgIpc) is 2.98.